The Morgan fingerprint density at radius 3 is 2.77 bits per heavy atom. The molecule has 116 valence electrons. The van der Waals surface area contributed by atoms with Crippen LogP contribution in [0.1, 0.15) is 22.1 Å². The molecule has 1 atom stereocenters. The molecule has 0 unspecified atom stereocenters. The number of hydrogen-bond donors (Lipinski definition) is 1. The van der Waals surface area contributed by atoms with Crippen molar-refractivity contribution in [1.29, 1.82) is 0 Å². The summed E-state index contributed by atoms with van der Waals surface area (Å²) >= 11 is 5.96. The van der Waals surface area contributed by atoms with Crippen molar-refractivity contribution in [2.45, 2.75) is 6.04 Å². The number of nitrogens with one attached hydrogen (secondary N) is 1. The van der Waals surface area contributed by atoms with Crippen LogP contribution < -0.4 is 10.1 Å². The maximum Gasteiger partial charge on any atom is 0.255 e. The van der Waals surface area contributed by atoms with Crippen molar-refractivity contribution in [3.05, 3.63) is 58.9 Å². The number of amides is 1. The number of aromatic nitrogens is 1. The van der Waals surface area contributed by atoms with E-state index in [2.05, 4.69) is 10.3 Å². The number of carbonyl (C=O) groups excluding carboxylic acids is 1. The molecule has 0 saturated carbocycles. The highest BCUT2D eigenvalue weighted by molar-refractivity contribution is 6.31. The Morgan fingerprint density at radius 2 is 2.14 bits per heavy atom. The fraction of sp³-hybridized carbons (Fsp3) is 0.250. The smallest absolute Gasteiger partial charge is 0.255 e. The molecule has 2 aromatic rings. The number of ether oxygens (including phenoxy) is 2. The van der Waals surface area contributed by atoms with Gasteiger partial charge in [0.25, 0.3) is 5.91 Å². The third kappa shape index (κ3) is 3.96. The maximum atomic E-state index is 12.5. The zero-order chi connectivity index (χ0) is 15.9. The first-order chi connectivity index (χ1) is 10.7. The van der Waals surface area contributed by atoms with E-state index in [0.29, 0.717) is 22.9 Å². The van der Waals surface area contributed by atoms with Gasteiger partial charge in [0.2, 0.25) is 0 Å². The summed E-state index contributed by atoms with van der Waals surface area (Å²) in [5.41, 5.74) is 1.09. The molecule has 1 heterocycles. The number of halogens is 1. The van der Waals surface area contributed by atoms with E-state index in [1.807, 2.05) is 18.2 Å². The van der Waals surface area contributed by atoms with Gasteiger partial charge in [-0.25, -0.2) is 0 Å². The predicted molar refractivity (Wildman–Crippen MR) is 84.3 cm³/mol. The van der Waals surface area contributed by atoms with Crippen LogP contribution >= 0.6 is 11.6 Å². The maximum absolute atomic E-state index is 12.5. The van der Waals surface area contributed by atoms with Crippen LogP contribution in [0.2, 0.25) is 5.02 Å². The molecule has 0 aliphatic carbocycles. The Bertz CT molecular complexity index is 635. The topological polar surface area (TPSA) is 60.5 Å². The van der Waals surface area contributed by atoms with Gasteiger partial charge >= 0.3 is 0 Å². The molecular weight excluding hydrogens is 304 g/mol. The predicted octanol–water partition coefficient (Wildman–Crippen LogP) is 2.86. The number of nitrogens with zero attached hydrogens (tertiary/aromatic N) is 1. The molecule has 0 bridgehead atoms. The zero-order valence-electron chi connectivity index (χ0n) is 12.4. The Hall–Kier alpha value is -2.11. The fourth-order valence-corrected chi connectivity index (χ4v) is 2.22. The van der Waals surface area contributed by atoms with Gasteiger partial charge in [0.1, 0.15) is 5.75 Å². The Morgan fingerprint density at radius 1 is 1.32 bits per heavy atom. The van der Waals surface area contributed by atoms with E-state index in [-0.39, 0.29) is 11.9 Å². The Balaban J connectivity index is 2.23. The molecule has 22 heavy (non-hydrogen) atoms. The summed E-state index contributed by atoms with van der Waals surface area (Å²) in [6.07, 6.45) is 1.67. The molecule has 5 nitrogen and oxygen atoms in total. The molecule has 1 amide bonds. The highest BCUT2D eigenvalue weighted by Gasteiger charge is 2.19. The minimum absolute atomic E-state index is 0.299. The average Bonchev–Trinajstić information content (AvgIpc) is 2.55. The van der Waals surface area contributed by atoms with E-state index in [1.54, 1.807) is 31.5 Å². The first-order valence-corrected chi connectivity index (χ1v) is 7.07. The van der Waals surface area contributed by atoms with Crippen LogP contribution in [-0.4, -0.2) is 31.7 Å². The lowest BCUT2D eigenvalue weighted by Gasteiger charge is -2.18. The summed E-state index contributed by atoms with van der Waals surface area (Å²) in [7, 11) is 3.08. The summed E-state index contributed by atoms with van der Waals surface area (Å²) < 4.78 is 10.4. The third-order valence-corrected chi connectivity index (χ3v) is 3.32. The second-order valence-electron chi connectivity index (χ2n) is 4.58. The highest BCUT2D eigenvalue weighted by Crippen LogP contribution is 2.23. The number of hydrogen-bond acceptors (Lipinski definition) is 4. The van der Waals surface area contributed by atoms with Crippen LogP contribution in [-0.2, 0) is 4.74 Å². The van der Waals surface area contributed by atoms with E-state index in [9.17, 15) is 4.79 Å². The van der Waals surface area contributed by atoms with Gasteiger partial charge in [-0.15, -0.1) is 0 Å². The summed E-state index contributed by atoms with van der Waals surface area (Å²) in [5, 5.41) is 3.35. The van der Waals surface area contributed by atoms with E-state index >= 15 is 0 Å². The molecule has 1 aromatic heterocycles. The van der Waals surface area contributed by atoms with Gasteiger partial charge in [-0.2, -0.15) is 0 Å². The number of pyridine rings is 1. The molecule has 1 N–H and O–H groups in total. The normalized spacial score (nSPS) is 11.8. The van der Waals surface area contributed by atoms with E-state index in [1.165, 1.54) is 7.11 Å². The molecular formula is C16H17ClN2O3. The lowest BCUT2D eigenvalue weighted by atomic mass is 10.1. The fourth-order valence-electron chi connectivity index (χ4n) is 2.04. The monoisotopic (exact) mass is 320 g/mol. The lowest BCUT2D eigenvalue weighted by Crippen LogP contribution is -2.32. The summed E-state index contributed by atoms with van der Waals surface area (Å²) in [6.45, 7) is 0.311. The average molecular weight is 321 g/mol. The lowest BCUT2D eigenvalue weighted by molar-refractivity contribution is 0.0891. The number of methoxy groups -OCH3 is 2. The van der Waals surface area contributed by atoms with E-state index in [4.69, 9.17) is 21.1 Å². The van der Waals surface area contributed by atoms with Gasteiger partial charge in [0.05, 0.1) is 31.0 Å². The minimum atomic E-state index is -0.359. The minimum Gasteiger partial charge on any atom is -0.496 e. The summed E-state index contributed by atoms with van der Waals surface area (Å²) in [6, 6.07) is 10.0. The van der Waals surface area contributed by atoms with Crippen LogP contribution in [0.3, 0.4) is 0 Å². The van der Waals surface area contributed by atoms with Gasteiger partial charge < -0.3 is 14.8 Å². The SMILES string of the molecule is COC[C@@H](NC(=O)c1cc(Cl)ccc1OC)c1ccccn1. The molecule has 1 aromatic carbocycles. The Kier molecular flexibility index (Phi) is 5.75. The molecule has 2 rings (SSSR count). The second kappa shape index (κ2) is 7.77. The molecule has 0 radical (unpaired) electrons. The standard InChI is InChI=1S/C16H17ClN2O3/c1-21-10-14(13-5-3-4-8-18-13)19-16(20)12-9-11(17)6-7-15(12)22-2/h3-9,14H,10H2,1-2H3,(H,19,20)/t14-/m1/s1. The van der Waals surface area contributed by atoms with Gasteiger partial charge in [-0.05, 0) is 30.3 Å². The van der Waals surface area contributed by atoms with Crippen molar-refractivity contribution in [2.24, 2.45) is 0 Å². The third-order valence-electron chi connectivity index (χ3n) is 3.09. The van der Waals surface area contributed by atoms with Crippen molar-refractivity contribution in [1.82, 2.24) is 10.3 Å². The molecule has 0 aliphatic rings. The molecule has 0 aliphatic heterocycles. The molecule has 0 spiro atoms. The largest absolute Gasteiger partial charge is 0.496 e. The van der Waals surface area contributed by atoms with Gasteiger partial charge in [0.15, 0.2) is 0 Å². The van der Waals surface area contributed by atoms with Crippen molar-refractivity contribution in [3.63, 3.8) is 0 Å². The van der Waals surface area contributed by atoms with Crippen molar-refractivity contribution in [3.8, 4) is 5.75 Å². The Labute approximate surface area is 134 Å². The van der Waals surface area contributed by atoms with Gasteiger partial charge in [0, 0.05) is 18.3 Å². The van der Waals surface area contributed by atoms with Crippen molar-refractivity contribution < 1.29 is 14.3 Å². The van der Waals surface area contributed by atoms with Crippen LogP contribution in [0.5, 0.6) is 5.75 Å². The number of benzene rings is 1. The van der Waals surface area contributed by atoms with Crippen LogP contribution in [0.25, 0.3) is 0 Å². The summed E-state index contributed by atoms with van der Waals surface area (Å²) in [4.78, 5) is 16.8. The quantitative estimate of drug-likeness (QED) is 0.889. The van der Waals surface area contributed by atoms with E-state index < -0.39 is 0 Å². The van der Waals surface area contributed by atoms with Crippen molar-refractivity contribution >= 4 is 17.5 Å². The molecule has 0 fully saturated rings. The van der Waals surface area contributed by atoms with Crippen LogP contribution in [0.15, 0.2) is 42.6 Å². The van der Waals surface area contributed by atoms with E-state index in [0.717, 1.165) is 5.69 Å². The van der Waals surface area contributed by atoms with Gasteiger partial charge in [-0.3, -0.25) is 9.78 Å². The number of carbonyl (C=O) groups is 1. The zero-order valence-corrected chi connectivity index (χ0v) is 13.1. The second-order valence-corrected chi connectivity index (χ2v) is 5.02. The highest BCUT2D eigenvalue weighted by atomic mass is 35.5. The number of rotatable bonds is 6. The summed E-state index contributed by atoms with van der Waals surface area (Å²) in [5.74, 6) is 0.158. The van der Waals surface area contributed by atoms with Crippen LogP contribution in [0, 0.1) is 0 Å². The molecule has 0 saturated heterocycles. The first kappa shape index (κ1) is 16.3. The van der Waals surface area contributed by atoms with Crippen LogP contribution in [0.4, 0.5) is 0 Å². The van der Waals surface area contributed by atoms with Gasteiger partial charge in [-0.1, -0.05) is 17.7 Å². The van der Waals surface area contributed by atoms with Crippen molar-refractivity contribution in [2.75, 3.05) is 20.8 Å². The first-order valence-electron chi connectivity index (χ1n) is 6.70. The molecule has 6 heteroatoms.